The first kappa shape index (κ1) is 23.8. The topological polar surface area (TPSA) is 80.9 Å². The molecule has 5 nitrogen and oxygen atoms in total. The number of phenolic OH excluding ortho intramolecular Hbond substituents is 1. The number of aromatic hydroxyl groups is 1. The molecule has 0 aliphatic rings. The van der Waals surface area contributed by atoms with E-state index in [0.29, 0.717) is 11.3 Å². The standard InChI is InChI=1S/C28H31N3O2S/c1-28(2,3)21-13-9-18(10-14-21)8-11-20(17-29-26(33)22-6-4-5-7-25(22)32)19-12-15-23-24(16-19)31-27(34)30-23/h4-7,9-10,12-16,20,32H,8,11,17H2,1-3H3,(H,29,33)(H2,30,31,34). The molecule has 0 bridgehead atoms. The third-order valence-electron chi connectivity index (χ3n) is 6.27. The van der Waals surface area contributed by atoms with E-state index in [0.717, 1.165) is 29.4 Å². The molecular formula is C28H31N3O2S. The van der Waals surface area contributed by atoms with E-state index in [1.165, 1.54) is 17.2 Å². The summed E-state index contributed by atoms with van der Waals surface area (Å²) in [6.45, 7) is 7.11. The molecule has 1 aromatic heterocycles. The molecule has 0 aliphatic carbocycles. The van der Waals surface area contributed by atoms with Crippen molar-refractivity contribution >= 4 is 29.2 Å². The Kier molecular flexibility index (Phi) is 6.89. The third-order valence-corrected chi connectivity index (χ3v) is 6.47. The zero-order valence-electron chi connectivity index (χ0n) is 19.8. The molecule has 6 heteroatoms. The molecule has 3 aromatic carbocycles. The first-order valence-corrected chi connectivity index (χ1v) is 12.0. The highest BCUT2D eigenvalue weighted by molar-refractivity contribution is 7.71. The van der Waals surface area contributed by atoms with E-state index >= 15 is 0 Å². The summed E-state index contributed by atoms with van der Waals surface area (Å²) in [5, 5.41) is 13.1. The fourth-order valence-electron chi connectivity index (χ4n) is 4.18. The van der Waals surface area contributed by atoms with E-state index < -0.39 is 0 Å². The lowest BCUT2D eigenvalue weighted by Crippen LogP contribution is -2.28. The Labute approximate surface area is 205 Å². The Morgan fingerprint density at radius 2 is 1.71 bits per heavy atom. The Hall–Kier alpha value is -3.38. The SMILES string of the molecule is CC(C)(C)c1ccc(CCC(CNC(=O)c2ccccc2O)c2ccc3[nH]c(=S)[nH]c3c2)cc1. The number of fused-ring (bicyclic) bond motifs is 1. The Bertz CT molecular complexity index is 1350. The highest BCUT2D eigenvalue weighted by Crippen LogP contribution is 2.27. The second-order valence-corrected chi connectivity index (χ2v) is 10.2. The summed E-state index contributed by atoms with van der Waals surface area (Å²) in [5.74, 6) is -0.199. The van der Waals surface area contributed by atoms with Crippen LogP contribution in [-0.4, -0.2) is 27.5 Å². The van der Waals surface area contributed by atoms with Crippen LogP contribution in [0.15, 0.2) is 66.7 Å². The zero-order chi connectivity index (χ0) is 24.3. The molecule has 1 amide bonds. The van der Waals surface area contributed by atoms with Gasteiger partial charge in [0, 0.05) is 12.5 Å². The van der Waals surface area contributed by atoms with Crippen LogP contribution in [0.3, 0.4) is 0 Å². The van der Waals surface area contributed by atoms with Crippen LogP contribution in [0.2, 0.25) is 0 Å². The minimum Gasteiger partial charge on any atom is -0.507 e. The Balaban J connectivity index is 1.53. The molecule has 4 N–H and O–H groups in total. The van der Waals surface area contributed by atoms with Crippen LogP contribution in [0, 0.1) is 4.77 Å². The molecule has 0 radical (unpaired) electrons. The van der Waals surface area contributed by atoms with Gasteiger partial charge in [-0.3, -0.25) is 4.79 Å². The van der Waals surface area contributed by atoms with Crippen molar-refractivity contribution in [2.75, 3.05) is 6.54 Å². The van der Waals surface area contributed by atoms with Crippen LogP contribution in [0.5, 0.6) is 5.75 Å². The molecule has 4 rings (SSSR count). The summed E-state index contributed by atoms with van der Waals surface area (Å²) >= 11 is 5.23. The van der Waals surface area contributed by atoms with Gasteiger partial charge < -0.3 is 20.4 Å². The largest absolute Gasteiger partial charge is 0.507 e. The van der Waals surface area contributed by atoms with Crippen LogP contribution < -0.4 is 5.32 Å². The summed E-state index contributed by atoms with van der Waals surface area (Å²) < 4.78 is 0.593. The molecule has 4 aromatic rings. The van der Waals surface area contributed by atoms with Gasteiger partial charge in [-0.15, -0.1) is 0 Å². The van der Waals surface area contributed by atoms with Gasteiger partial charge in [-0.25, -0.2) is 0 Å². The number of carbonyl (C=O) groups excluding carboxylic acids is 1. The predicted molar refractivity (Wildman–Crippen MR) is 140 cm³/mol. The van der Waals surface area contributed by atoms with E-state index in [9.17, 15) is 9.90 Å². The summed E-state index contributed by atoms with van der Waals surface area (Å²) in [6, 6.07) is 21.6. The molecule has 0 spiro atoms. The van der Waals surface area contributed by atoms with Crippen molar-refractivity contribution in [3.05, 3.63) is 93.8 Å². The Morgan fingerprint density at radius 3 is 2.41 bits per heavy atom. The van der Waals surface area contributed by atoms with Gasteiger partial charge in [-0.1, -0.05) is 63.2 Å². The quantitative estimate of drug-likeness (QED) is 0.235. The number of aromatic nitrogens is 2. The number of H-pyrrole nitrogens is 2. The fourth-order valence-corrected chi connectivity index (χ4v) is 4.40. The van der Waals surface area contributed by atoms with E-state index in [1.54, 1.807) is 18.2 Å². The number of aryl methyl sites for hydroxylation is 1. The molecule has 34 heavy (non-hydrogen) atoms. The summed E-state index contributed by atoms with van der Waals surface area (Å²) in [5.41, 5.74) is 6.03. The lowest BCUT2D eigenvalue weighted by atomic mass is 9.86. The van der Waals surface area contributed by atoms with Crippen molar-refractivity contribution in [3.8, 4) is 5.75 Å². The van der Waals surface area contributed by atoms with Gasteiger partial charge in [-0.05, 0) is 71.4 Å². The molecule has 1 atom stereocenters. The highest BCUT2D eigenvalue weighted by atomic mass is 32.1. The maximum Gasteiger partial charge on any atom is 0.255 e. The zero-order valence-corrected chi connectivity index (χ0v) is 20.6. The molecule has 176 valence electrons. The van der Waals surface area contributed by atoms with Crippen LogP contribution in [0.4, 0.5) is 0 Å². The van der Waals surface area contributed by atoms with Gasteiger partial charge in [0.05, 0.1) is 16.6 Å². The van der Waals surface area contributed by atoms with Gasteiger partial charge in [0.1, 0.15) is 5.75 Å². The Morgan fingerprint density at radius 1 is 1.00 bits per heavy atom. The van der Waals surface area contributed by atoms with Crippen molar-refractivity contribution in [1.29, 1.82) is 0 Å². The van der Waals surface area contributed by atoms with Gasteiger partial charge in [0.25, 0.3) is 5.91 Å². The minimum atomic E-state index is -0.278. The third kappa shape index (κ3) is 5.57. The van der Waals surface area contributed by atoms with Crippen molar-refractivity contribution in [2.45, 2.75) is 44.9 Å². The number of hydrogen-bond acceptors (Lipinski definition) is 3. The summed E-state index contributed by atoms with van der Waals surface area (Å²) in [6.07, 6.45) is 1.76. The number of rotatable bonds is 7. The van der Waals surface area contributed by atoms with Crippen molar-refractivity contribution in [2.24, 2.45) is 0 Å². The van der Waals surface area contributed by atoms with E-state index in [4.69, 9.17) is 12.2 Å². The fraction of sp³-hybridized carbons (Fsp3) is 0.286. The van der Waals surface area contributed by atoms with Crippen molar-refractivity contribution < 1.29 is 9.90 Å². The highest BCUT2D eigenvalue weighted by Gasteiger charge is 2.17. The number of hydrogen-bond donors (Lipinski definition) is 4. The number of carbonyl (C=O) groups is 1. The lowest BCUT2D eigenvalue weighted by Gasteiger charge is -2.20. The monoisotopic (exact) mass is 473 g/mol. The first-order chi connectivity index (χ1) is 16.2. The minimum absolute atomic E-state index is 0.0168. The van der Waals surface area contributed by atoms with E-state index in [-0.39, 0.29) is 28.6 Å². The predicted octanol–water partition coefficient (Wildman–Crippen LogP) is 6.37. The average molecular weight is 474 g/mol. The van der Waals surface area contributed by atoms with Gasteiger partial charge >= 0.3 is 0 Å². The molecular weight excluding hydrogens is 442 g/mol. The number of amides is 1. The smallest absolute Gasteiger partial charge is 0.255 e. The molecule has 0 saturated heterocycles. The van der Waals surface area contributed by atoms with E-state index in [2.05, 4.69) is 72.5 Å². The van der Waals surface area contributed by atoms with E-state index in [1.807, 2.05) is 6.07 Å². The second-order valence-electron chi connectivity index (χ2n) is 9.79. The summed E-state index contributed by atoms with van der Waals surface area (Å²) in [7, 11) is 0. The lowest BCUT2D eigenvalue weighted by molar-refractivity contribution is 0.0948. The van der Waals surface area contributed by atoms with Crippen molar-refractivity contribution in [1.82, 2.24) is 15.3 Å². The molecule has 0 fully saturated rings. The molecule has 0 aliphatic heterocycles. The normalized spacial score (nSPS) is 12.6. The number of imidazole rings is 1. The molecule has 1 unspecified atom stereocenters. The average Bonchev–Trinajstić information content (AvgIpc) is 3.18. The number of nitrogens with one attached hydrogen (secondary N) is 3. The van der Waals surface area contributed by atoms with Crippen LogP contribution in [0.1, 0.15) is 60.2 Å². The maximum atomic E-state index is 12.7. The van der Waals surface area contributed by atoms with Crippen molar-refractivity contribution in [3.63, 3.8) is 0 Å². The molecule has 0 saturated carbocycles. The van der Waals surface area contributed by atoms with Crippen LogP contribution in [0.25, 0.3) is 11.0 Å². The van der Waals surface area contributed by atoms with Gasteiger partial charge in [-0.2, -0.15) is 0 Å². The van der Waals surface area contributed by atoms with Gasteiger partial charge in [0.15, 0.2) is 4.77 Å². The number of para-hydroxylation sites is 1. The van der Waals surface area contributed by atoms with Crippen LogP contribution >= 0.6 is 12.2 Å². The van der Waals surface area contributed by atoms with Crippen LogP contribution in [-0.2, 0) is 11.8 Å². The number of benzene rings is 3. The number of phenols is 1. The summed E-state index contributed by atoms with van der Waals surface area (Å²) in [4.78, 5) is 19.1. The molecule has 1 heterocycles. The maximum absolute atomic E-state index is 12.7. The van der Waals surface area contributed by atoms with Gasteiger partial charge in [0.2, 0.25) is 0 Å². The number of aromatic amines is 2. The second kappa shape index (κ2) is 9.85. The first-order valence-electron chi connectivity index (χ1n) is 11.6.